The van der Waals surface area contributed by atoms with Crippen LogP contribution in [-0.4, -0.2) is 23.0 Å². The van der Waals surface area contributed by atoms with Gasteiger partial charge in [0.2, 0.25) is 5.91 Å². The van der Waals surface area contributed by atoms with E-state index in [1.54, 1.807) is 0 Å². The number of carbonyl (C=O) groups excluding carboxylic acids is 1. The van der Waals surface area contributed by atoms with Crippen LogP contribution in [-0.2, 0) is 22.4 Å². The van der Waals surface area contributed by atoms with Gasteiger partial charge >= 0.3 is 5.97 Å². The first-order valence-corrected chi connectivity index (χ1v) is 7.67. The maximum absolute atomic E-state index is 12.0. The van der Waals surface area contributed by atoms with Gasteiger partial charge in [0.05, 0.1) is 6.42 Å². The van der Waals surface area contributed by atoms with Crippen LogP contribution >= 0.6 is 0 Å². The van der Waals surface area contributed by atoms with Crippen molar-refractivity contribution in [3.63, 3.8) is 0 Å². The lowest BCUT2D eigenvalue weighted by atomic mass is 10.0. The number of aliphatic carboxylic acids is 1. The van der Waals surface area contributed by atoms with Crippen LogP contribution < -0.4 is 5.32 Å². The average Bonchev–Trinajstić information content (AvgIpc) is 3.29. The molecule has 0 bridgehead atoms. The number of carboxylic acid groups (broad SMARTS) is 1. The third-order valence-corrected chi connectivity index (χ3v) is 4.00. The minimum Gasteiger partial charge on any atom is -0.481 e. The van der Waals surface area contributed by atoms with Crippen LogP contribution in [0.4, 0.5) is 0 Å². The Morgan fingerprint density at radius 3 is 2.38 bits per heavy atom. The number of benzene rings is 1. The Kier molecular flexibility index (Phi) is 5.37. The van der Waals surface area contributed by atoms with Gasteiger partial charge in [-0.05, 0) is 42.7 Å². The smallest absolute Gasteiger partial charge is 0.305 e. The van der Waals surface area contributed by atoms with Crippen molar-refractivity contribution >= 4 is 11.9 Å². The number of rotatable bonds is 8. The molecule has 1 fully saturated rings. The van der Waals surface area contributed by atoms with Gasteiger partial charge < -0.3 is 10.4 Å². The van der Waals surface area contributed by atoms with Gasteiger partial charge in [-0.1, -0.05) is 31.2 Å². The summed E-state index contributed by atoms with van der Waals surface area (Å²) in [6.45, 7) is 2.11. The average molecular weight is 289 g/mol. The van der Waals surface area contributed by atoms with Gasteiger partial charge in [-0.25, -0.2) is 0 Å². The number of nitrogens with one attached hydrogen (secondary N) is 1. The number of carbonyl (C=O) groups is 2. The summed E-state index contributed by atoms with van der Waals surface area (Å²) in [7, 11) is 0. The quantitative estimate of drug-likeness (QED) is 0.773. The normalized spacial score (nSPS) is 15.5. The van der Waals surface area contributed by atoms with E-state index in [1.807, 2.05) is 0 Å². The molecule has 1 aliphatic carbocycles. The van der Waals surface area contributed by atoms with Crippen LogP contribution in [0.15, 0.2) is 24.3 Å². The number of amides is 1. The summed E-state index contributed by atoms with van der Waals surface area (Å²) in [6.07, 6.45) is 4.20. The molecular formula is C17H23NO3. The molecule has 0 aromatic heterocycles. The molecule has 2 N–H and O–H groups in total. The predicted octanol–water partition coefficient (Wildman–Crippen LogP) is 2.55. The molecular weight excluding hydrogens is 266 g/mol. The Balaban J connectivity index is 1.78. The molecule has 4 nitrogen and oxygen atoms in total. The maximum Gasteiger partial charge on any atom is 0.305 e. The maximum atomic E-state index is 12.0. The van der Waals surface area contributed by atoms with Gasteiger partial charge in [0.25, 0.3) is 0 Å². The molecule has 0 saturated heterocycles. The monoisotopic (exact) mass is 289 g/mol. The van der Waals surface area contributed by atoms with Crippen molar-refractivity contribution in [2.24, 2.45) is 5.92 Å². The van der Waals surface area contributed by atoms with Gasteiger partial charge in [0, 0.05) is 12.5 Å². The van der Waals surface area contributed by atoms with Gasteiger partial charge in [-0.3, -0.25) is 9.59 Å². The standard InChI is InChI=1S/C17H23NO3/c1-2-12-3-5-13(6-4-12)7-10-16(19)18-15(11-17(20)21)14-8-9-14/h3-6,14-15H,2,7-11H2,1H3,(H,18,19)(H,20,21). The Bertz CT molecular complexity index is 491. The molecule has 0 aliphatic heterocycles. The van der Waals surface area contributed by atoms with E-state index >= 15 is 0 Å². The number of hydrogen-bond acceptors (Lipinski definition) is 2. The highest BCUT2D eigenvalue weighted by molar-refractivity contribution is 5.77. The molecule has 2 rings (SSSR count). The highest BCUT2D eigenvalue weighted by atomic mass is 16.4. The summed E-state index contributed by atoms with van der Waals surface area (Å²) < 4.78 is 0. The zero-order valence-electron chi connectivity index (χ0n) is 12.5. The van der Waals surface area contributed by atoms with Crippen LogP contribution in [0.3, 0.4) is 0 Å². The third-order valence-electron chi connectivity index (χ3n) is 4.00. The summed E-state index contributed by atoms with van der Waals surface area (Å²) in [5.74, 6) is -0.538. The summed E-state index contributed by atoms with van der Waals surface area (Å²) in [6, 6.07) is 8.09. The third kappa shape index (κ3) is 5.21. The SMILES string of the molecule is CCc1ccc(CCC(=O)NC(CC(=O)O)C2CC2)cc1. The number of hydrogen-bond donors (Lipinski definition) is 2. The van der Waals surface area contributed by atoms with E-state index in [0.29, 0.717) is 18.8 Å². The minimum atomic E-state index is -0.845. The first-order chi connectivity index (χ1) is 10.1. The second kappa shape index (κ2) is 7.25. The molecule has 21 heavy (non-hydrogen) atoms. The second-order valence-electron chi connectivity index (χ2n) is 5.78. The lowest BCUT2D eigenvalue weighted by molar-refractivity contribution is -0.137. The molecule has 1 amide bonds. The van der Waals surface area contributed by atoms with Crippen LogP contribution in [0.25, 0.3) is 0 Å². The molecule has 1 atom stereocenters. The summed E-state index contributed by atoms with van der Waals surface area (Å²) in [5, 5.41) is 11.8. The first-order valence-electron chi connectivity index (χ1n) is 7.67. The van der Waals surface area contributed by atoms with E-state index in [4.69, 9.17) is 5.11 Å². The van der Waals surface area contributed by atoms with Crippen LogP contribution in [0.5, 0.6) is 0 Å². The Hall–Kier alpha value is -1.84. The van der Waals surface area contributed by atoms with Crippen molar-refractivity contribution < 1.29 is 14.7 Å². The van der Waals surface area contributed by atoms with Crippen molar-refractivity contribution in [1.82, 2.24) is 5.32 Å². The highest BCUT2D eigenvalue weighted by Crippen LogP contribution is 2.34. The fourth-order valence-electron chi connectivity index (χ4n) is 2.50. The predicted molar refractivity (Wildman–Crippen MR) is 81.0 cm³/mol. The van der Waals surface area contributed by atoms with E-state index in [1.165, 1.54) is 5.56 Å². The van der Waals surface area contributed by atoms with Crippen LogP contribution in [0, 0.1) is 5.92 Å². The molecule has 4 heteroatoms. The molecule has 1 unspecified atom stereocenters. The first kappa shape index (κ1) is 15.5. The zero-order chi connectivity index (χ0) is 15.2. The Morgan fingerprint density at radius 2 is 1.86 bits per heavy atom. The topological polar surface area (TPSA) is 66.4 Å². The Morgan fingerprint density at radius 1 is 1.24 bits per heavy atom. The minimum absolute atomic E-state index is 0.0294. The number of carboxylic acids is 1. The molecule has 0 spiro atoms. The largest absolute Gasteiger partial charge is 0.481 e. The molecule has 0 radical (unpaired) electrons. The zero-order valence-corrected chi connectivity index (χ0v) is 12.5. The van der Waals surface area contributed by atoms with E-state index in [0.717, 1.165) is 24.8 Å². The molecule has 114 valence electrons. The molecule has 1 aromatic rings. The molecule has 0 heterocycles. The lowest BCUT2D eigenvalue weighted by Crippen LogP contribution is -2.38. The van der Waals surface area contributed by atoms with E-state index in [9.17, 15) is 9.59 Å². The lowest BCUT2D eigenvalue weighted by Gasteiger charge is -2.16. The summed E-state index contributed by atoms with van der Waals surface area (Å²) in [4.78, 5) is 22.8. The molecule has 1 saturated carbocycles. The van der Waals surface area contributed by atoms with Gasteiger partial charge in [0.1, 0.15) is 0 Å². The fourth-order valence-corrected chi connectivity index (χ4v) is 2.50. The van der Waals surface area contributed by atoms with Crippen molar-refractivity contribution in [2.75, 3.05) is 0 Å². The van der Waals surface area contributed by atoms with Crippen molar-refractivity contribution in [3.05, 3.63) is 35.4 Å². The van der Waals surface area contributed by atoms with Crippen LogP contribution in [0.1, 0.15) is 43.7 Å². The van der Waals surface area contributed by atoms with Crippen molar-refractivity contribution in [3.8, 4) is 0 Å². The Labute approximate surface area is 125 Å². The summed E-state index contributed by atoms with van der Waals surface area (Å²) >= 11 is 0. The fraction of sp³-hybridized carbons (Fsp3) is 0.529. The summed E-state index contributed by atoms with van der Waals surface area (Å²) in [5.41, 5.74) is 2.43. The van der Waals surface area contributed by atoms with Gasteiger partial charge in [0.15, 0.2) is 0 Å². The van der Waals surface area contributed by atoms with E-state index < -0.39 is 5.97 Å². The molecule has 1 aliphatic rings. The van der Waals surface area contributed by atoms with Crippen molar-refractivity contribution in [2.45, 2.75) is 51.5 Å². The number of aryl methyl sites for hydroxylation is 2. The second-order valence-corrected chi connectivity index (χ2v) is 5.78. The highest BCUT2D eigenvalue weighted by Gasteiger charge is 2.33. The van der Waals surface area contributed by atoms with E-state index in [-0.39, 0.29) is 18.4 Å². The molecule has 1 aromatic carbocycles. The van der Waals surface area contributed by atoms with Gasteiger partial charge in [-0.15, -0.1) is 0 Å². The van der Waals surface area contributed by atoms with E-state index in [2.05, 4.69) is 36.5 Å². The van der Waals surface area contributed by atoms with Crippen molar-refractivity contribution in [1.29, 1.82) is 0 Å². The van der Waals surface area contributed by atoms with Crippen LogP contribution in [0.2, 0.25) is 0 Å². The van der Waals surface area contributed by atoms with Gasteiger partial charge in [-0.2, -0.15) is 0 Å².